The van der Waals surface area contributed by atoms with Gasteiger partial charge in [0, 0.05) is 19.5 Å². The molecule has 2 aromatic rings. The van der Waals surface area contributed by atoms with E-state index in [1.165, 1.54) is 5.56 Å². The number of amides is 1. The normalized spacial score (nSPS) is 23.3. The first-order valence-electron chi connectivity index (χ1n) is 8.54. The number of hydrogen-bond donors (Lipinski definition) is 1. The molecule has 1 N–H and O–H groups in total. The Kier molecular flexibility index (Phi) is 3.84. The minimum absolute atomic E-state index is 0.0285. The maximum Gasteiger partial charge on any atom is 0.258 e. The molecule has 1 atom stereocenters. The molecule has 1 aromatic carbocycles. The van der Waals surface area contributed by atoms with E-state index in [0.717, 1.165) is 37.9 Å². The molecule has 0 saturated carbocycles. The van der Waals surface area contributed by atoms with Crippen molar-refractivity contribution in [3.05, 3.63) is 47.1 Å². The van der Waals surface area contributed by atoms with Gasteiger partial charge in [0.15, 0.2) is 5.82 Å². The molecule has 1 unspecified atom stereocenters. The molecule has 1 fully saturated rings. The van der Waals surface area contributed by atoms with E-state index in [4.69, 9.17) is 4.52 Å². The summed E-state index contributed by atoms with van der Waals surface area (Å²) in [5.74, 6) is 0.608. The molecule has 2 heterocycles. The molecule has 126 valence electrons. The number of aromatic nitrogens is 2. The topological polar surface area (TPSA) is 79.5 Å². The molecule has 1 aliphatic carbocycles. The van der Waals surface area contributed by atoms with Crippen molar-refractivity contribution in [1.29, 1.82) is 0 Å². The molecule has 0 bridgehead atoms. The van der Waals surface area contributed by atoms with Gasteiger partial charge in [0.1, 0.15) is 5.60 Å². The van der Waals surface area contributed by atoms with E-state index in [9.17, 15) is 9.90 Å². The van der Waals surface area contributed by atoms with Crippen LogP contribution in [0.1, 0.15) is 42.1 Å². The summed E-state index contributed by atoms with van der Waals surface area (Å²) in [5.41, 5.74) is 1.22. The van der Waals surface area contributed by atoms with Crippen LogP contribution >= 0.6 is 0 Å². The largest absolute Gasteiger partial charge is 0.380 e. The fourth-order valence-electron chi connectivity index (χ4n) is 3.63. The van der Waals surface area contributed by atoms with E-state index >= 15 is 0 Å². The highest BCUT2D eigenvalue weighted by Gasteiger charge is 2.39. The number of carbonyl (C=O) groups is 1. The molecule has 1 aliphatic heterocycles. The van der Waals surface area contributed by atoms with Gasteiger partial charge in [-0.05, 0) is 36.8 Å². The van der Waals surface area contributed by atoms with E-state index in [1.54, 1.807) is 0 Å². The van der Waals surface area contributed by atoms with Crippen molar-refractivity contribution in [3.63, 3.8) is 0 Å². The lowest BCUT2D eigenvalue weighted by molar-refractivity contribution is -0.129. The van der Waals surface area contributed by atoms with Crippen LogP contribution in [0.3, 0.4) is 0 Å². The molecule has 2 aliphatic rings. The molecule has 1 saturated heterocycles. The summed E-state index contributed by atoms with van der Waals surface area (Å²) < 4.78 is 5.30. The predicted molar refractivity (Wildman–Crippen MR) is 86.2 cm³/mol. The highest BCUT2D eigenvalue weighted by Crippen LogP contribution is 2.35. The van der Waals surface area contributed by atoms with Gasteiger partial charge in [-0.1, -0.05) is 29.4 Å². The molecule has 24 heavy (non-hydrogen) atoms. The highest BCUT2D eigenvalue weighted by molar-refractivity contribution is 5.78. The van der Waals surface area contributed by atoms with Gasteiger partial charge in [-0.2, -0.15) is 4.98 Å². The number of nitrogens with zero attached hydrogens (tertiary/aromatic N) is 3. The van der Waals surface area contributed by atoms with Crippen molar-refractivity contribution in [1.82, 2.24) is 15.0 Å². The Morgan fingerprint density at radius 3 is 2.79 bits per heavy atom. The van der Waals surface area contributed by atoms with Gasteiger partial charge in [0.2, 0.25) is 5.91 Å². The Hall–Kier alpha value is -2.21. The quantitative estimate of drug-likeness (QED) is 0.926. The van der Waals surface area contributed by atoms with Crippen LogP contribution in [0, 0.1) is 0 Å². The first-order chi connectivity index (χ1) is 11.6. The number of fused-ring (bicyclic) bond motifs is 1. The second-order valence-electron chi connectivity index (χ2n) is 6.76. The molecule has 1 aromatic heterocycles. The zero-order valence-electron chi connectivity index (χ0n) is 13.6. The van der Waals surface area contributed by atoms with Gasteiger partial charge >= 0.3 is 0 Å². The lowest BCUT2D eigenvalue weighted by atomic mass is 9.80. The van der Waals surface area contributed by atoms with Crippen LogP contribution in [0.4, 0.5) is 0 Å². The molecular formula is C18H21N3O3. The van der Waals surface area contributed by atoms with E-state index in [1.807, 2.05) is 23.1 Å². The van der Waals surface area contributed by atoms with Crippen LogP contribution in [-0.4, -0.2) is 39.1 Å². The number of likely N-dealkylation sites (tertiary alicyclic amines) is 1. The second-order valence-corrected chi connectivity index (χ2v) is 6.76. The van der Waals surface area contributed by atoms with E-state index < -0.39 is 5.60 Å². The van der Waals surface area contributed by atoms with Crippen LogP contribution in [-0.2, 0) is 29.7 Å². The zero-order valence-corrected chi connectivity index (χ0v) is 13.6. The number of aryl methyl sites for hydroxylation is 1. The Morgan fingerprint density at radius 2 is 2.00 bits per heavy atom. The van der Waals surface area contributed by atoms with Gasteiger partial charge in [0.25, 0.3) is 5.89 Å². The lowest BCUT2D eigenvalue weighted by Gasteiger charge is -2.30. The van der Waals surface area contributed by atoms with Gasteiger partial charge in [-0.3, -0.25) is 4.79 Å². The average molecular weight is 327 g/mol. The van der Waals surface area contributed by atoms with Crippen LogP contribution in [0.2, 0.25) is 0 Å². The van der Waals surface area contributed by atoms with Crippen LogP contribution in [0.5, 0.6) is 0 Å². The Morgan fingerprint density at radius 1 is 1.25 bits per heavy atom. The summed E-state index contributed by atoms with van der Waals surface area (Å²) in [6.07, 6.45) is 4.04. The number of aliphatic hydroxyl groups is 1. The summed E-state index contributed by atoms with van der Waals surface area (Å²) in [4.78, 5) is 18.3. The van der Waals surface area contributed by atoms with Crippen molar-refractivity contribution in [2.45, 2.75) is 44.1 Å². The third-order valence-electron chi connectivity index (χ3n) is 5.04. The Labute approximate surface area is 140 Å². The number of carbonyl (C=O) groups excluding carboxylic acids is 1. The van der Waals surface area contributed by atoms with Crippen molar-refractivity contribution in [2.24, 2.45) is 0 Å². The Bertz CT molecular complexity index is 751. The number of hydrogen-bond acceptors (Lipinski definition) is 5. The molecule has 0 radical (unpaired) electrons. The van der Waals surface area contributed by atoms with E-state index in [2.05, 4.69) is 16.2 Å². The van der Waals surface area contributed by atoms with Gasteiger partial charge in [-0.15, -0.1) is 0 Å². The van der Waals surface area contributed by atoms with Crippen LogP contribution in [0.25, 0.3) is 0 Å². The minimum atomic E-state index is -1.14. The zero-order chi connectivity index (χ0) is 16.6. The summed E-state index contributed by atoms with van der Waals surface area (Å²) >= 11 is 0. The molecule has 6 nitrogen and oxygen atoms in total. The second kappa shape index (κ2) is 6.02. The molecular weight excluding hydrogens is 306 g/mol. The van der Waals surface area contributed by atoms with Crippen molar-refractivity contribution in [2.75, 3.05) is 13.1 Å². The van der Waals surface area contributed by atoms with Crippen molar-refractivity contribution < 1.29 is 14.4 Å². The van der Waals surface area contributed by atoms with Crippen molar-refractivity contribution >= 4 is 5.91 Å². The highest BCUT2D eigenvalue weighted by atomic mass is 16.5. The molecule has 0 spiro atoms. The number of rotatable bonds is 3. The standard InChI is InChI=1S/C18H21N3O3/c22-16(21-9-3-4-10-21)11-15-19-17(24-20-15)18(23)8-7-13-5-1-2-6-14(13)12-18/h1-2,5-6,23H,3-4,7-12H2. The summed E-state index contributed by atoms with van der Waals surface area (Å²) in [6, 6.07) is 8.09. The maximum absolute atomic E-state index is 12.2. The molecule has 1 amide bonds. The summed E-state index contributed by atoms with van der Waals surface area (Å²) in [7, 11) is 0. The predicted octanol–water partition coefficient (Wildman–Crippen LogP) is 1.61. The fraction of sp³-hybridized carbons (Fsp3) is 0.500. The fourth-order valence-corrected chi connectivity index (χ4v) is 3.63. The number of benzene rings is 1. The van der Waals surface area contributed by atoms with Gasteiger partial charge < -0.3 is 14.5 Å². The average Bonchev–Trinajstić information content (AvgIpc) is 3.26. The monoisotopic (exact) mass is 327 g/mol. The Balaban J connectivity index is 1.49. The van der Waals surface area contributed by atoms with E-state index in [0.29, 0.717) is 18.7 Å². The lowest BCUT2D eigenvalue weighted by Crippen LogP contribution is -2.33. The van der Waals surface area contributed by atoms with Crippen molar-refractivity contribution in [3.8, 4) is 0 Å². The van der Waals surface area contributed by atoms with Crippen LogP contribution in [0.15, 0.2) is 28.8 Å². The first-order valence-corrected chi connectivity index (χ1v) is 8.54. The van der Waals surface area contributed by atoms with Gasteiger partial charge in [-0.25, -0.2) is 0 Å². The summed E-state index contributed by atoms with van der Waals surface area (Å²) in [6.45, 7) is 1.62. The maximum atomic E-state index is 12.2. The third kappa shape index (κ3) is 2.82. The first kappa shape index (κ1) is 15.3. The summed E-state index contributed by atoms with van der Waals surface area (Å²) in [5, 5.41) is 14.9. The van der Waals surface area contributed by atoms with E-state index in [-0.39, 0.29) is 18.2 Å². The SMILES string of the molecule is O=C(Cc1noc(C2(O)CCc3ccccc3C2)n1)N1CCCC1. The van der Waals surface area contributed by atoms with Gasteiger partial charge in [0.05, 0.1) is 6.42 Å². The third-order valence-corrected chi connectivity index (χ3v) is 5.04. The van der Waals surface area contributed by atoms with Crippen LogP contribution < -0.4 is 0 Å². The molecule has 6 heteroatoms. The minimum Gasteiger partial charge on any atom is -0.380 e. The molecule has 4 rings (SSSR count). The smallest absolute Gasteiger partial charge is 0.258 e.